The number of nitrogens with one attached hydrogen (secondary N) is 1. The summed E-state index contributed by atoms with van der Waals surface area (Å²) in [4.78, 5) is 28.4. The number of anilines is 1. The second kappa shape index (κ2) is 5.73. The number of imidazole rings is 1. The van der Waals surface area contributed by atoms with Gasteiger partial charge < -0.3 is 20.3 Å². The van der Waals surface area contributed by atoms with E-state index in [4.69, 9.17) is 0 Å². The molecule has 3 heterocycles. The summed E-state index contributed by atoms with van der Waals surface area (Å²) in [6.45, 7) is 1.52. The standard InChI is InChI=1S/C15H18N6O3/c22-15(10-1-2-10)17-11-5-7-19(8-6-11)13-4-3-12-16-9-14(21(23)24)20(12)18-13/h3-4,9-11H,1-2,5-8H2,(H,17,22). The molecule has 1 amide bonds. The van der Waals surface area contributed by atoms with Gasteiger partial charge in [-0.1, -0.05) is 9.61 Å². The lowest BCUT2D eigenvalue weighted by Crippen LogP contribution is -2.45. The molecule has 2 fully saturated rings. The van der Waals surface area contributed by atoms with E-state index in [-0.39, 0.29) is 23.7 Å². The Morgan fingerprint density at radius 2 is 2.00 bits per heavy atom. The van der Waals surface area contributed by atoms with Crippen LogP contribution in [0.4, 0.5) is 11.6 Å². The van der Waals surface area contributed by atoms with E-state index in [1.54, 1.807) is 6.07 Å². The monoisotopic (exact) mass is 330 g/mol. The van der Waals surface area contributed by atoms with Crippen molar-refractivity contribution in [2.75, 3.05) is 18.0 Å². The number of hydrogen-bond donors (Lipinski definition) is 1. The van der Waals surface area contributed by atoms with Crippen molar-refractivity contribution in [3.63, 3.8) is 0 Å². The molecule has 9 nitrogen and oxygen atoms in total. The molecule has 2 aromatic heterocycles. The highest BCUT2D eigenvalue weighted by molar-refractivity contribution is 5.81. The van der Waals surface area contributed by atoms with Crippen LogP contribution in [-0.4, -0.2) is 44.6 Å². The summed E-state index contributed by atoms with van der Waals surface area (Å²) in [6.07, 6.45) is 4.94. The maximum absolute atomic E-state index is 11.8. The molecule has 0 spiro atoms. The van der Waals surface area contributed by atoms with Crippen molar-refractivity contribution in [1.29, 1.82) is 0 Å². The smallest absolute Gasteiger partial charge is 0.358 e. The zero-order chi connectivity index (χ0) is 16.7. The molecule has 0 aromatic carbocycles. The number of carbonyl (C=O) groups is 1. The van der Waals surface area contributed by atoms with Crippen molar-refractivity contribution >= 4 is 23.2 Å². The summed E-state index contributed by atoms with van der Waals surface area (Å²) in [5, 5.41) is 18.5. The van der Waals surface area contributed by atoms with Gasteiger partial charge in [0.05, 0.1) is 0 Å². The average Bonchev–Trinajstić information content (AvgIpc) is 3.34. The van der Waals surface area contributed by atoms with Crippen LogP contribution in [0.25, 0.3) is 5.65 Å². The van der Waals surface area contributed by atoms with Gasteiger partial charge in [-0.15, -0.1) is 0 Å². The molecule has 0 atom stereocenters. The van der Waals surface area contributed by atoms with Gasteiger partial charge in [0.2, 0.25) is 11.6 Å². The summed E-state index contributed by atoms with van der Waals surface area (Å²) in [7, 11) is 0. The zero-order valence-electron chi connectivity index (χ0n) is 13.1. The first kappa shape index (κ1) is 14.9. The molecule has 126 valence electrons. The molecule has 2 aliphatic rings. The molecule has 1 saturated carbocycles. The van der Waals surface area contributed by atoms with E-state index >= 15 is 0 Å². The maximum Gasteiger partial charge on any atom is 0.368 e. The minimum Gasteiger partial charge on any atom is -0.358 e. The number of fused-ring (bicyclic) bond motifs is 1. The lowest BCUT2D eigenvalue weighted by molar-refractivity contribution is -0.391. The third-order valence-electron chi connectivity index (χ3n) is 4.63. The Bertz CT molecular complexity index is 792. The van der Waals surface area contributed by atoms with Crippen LogP contribution < -0.4 is 10.2 Å². The van der Waals surface area contributed by atoms with Gasteiger partial charge in [0, 0.05) is 31.1 Å². The Hall–Kier alpha value is -2.71. The summed E-state index contributed by atoms with van der Waals surface area (Å²) in [5.74, 6) is 0.963. The van der Waals surface area contributed by atoms with Gasteiger partial charge in [0.1, 0.15) is 6.20 Å². The Morgan fingerprint density at radius 1 is 1.25 bits per heavy atom. The highest BCUT2D eigenvalue weighted by Gasteiger charge is 2.32. The minimum atomic E-state index is -0.490. The molecule has 24 heavy (non-hydrogen) atoms. The highest BCUT2D eigenvalue weighted by Crippen LogP contribution is 2.29. The Morgan fingerprint density at radius 3 is 2.67 bits per heavy atom. The molecule has 1 aliphatic carbocycles. The van der Waals surface area contributed by atoms with Crippen molar-refractivity contribution in [2.45, 2.75) is 31.7 Å². The number of piperidine rings is 1. The number of hydrogen-bond acceptors (Lipinski definition) is 6. The molecule has 0 radical (unpaired) electrons. The SMILES string of the molecule is O=C(NC1CCN(c2ccc3ncc([N+](=O)[O-])n3n2)CC1)C1CC1. The third-order valence-corrected chi connectivity index (χ3v) is 4.63. The van der Waals surface area contributed by atoms with Gasteiger partial charge in [0.25, 0.3) is 0 Å². The highest BCUT2D eigenvalue weighted by atomic mass is 16.6. The lowest BCUT2D eigenvalue weighted by atomic mass is 10.0. The second-order valence-electron chi connectivity index (χ2n) is 6.38. The zero-order valence-corrected chi connectivity index (χ0v) is 13.1. The van der Waals surface area contributed by atoms with Crippen molar-refractivity contribution in [3.8, 4) is 0 Å². The number of aromatic nitrogens is 3. The minimum absolute atomic E-state index is 0.140. The molecule has 0 unspecified atom stereocenters. The van der Waals surface area contributed by atoms with E-state index in [0.29, 0.717) is 11.5 Å². The van der Waals surface area contributed by atoms with Crippen molar-refractivity contribution < 1.29 is 9.72 Å². The van der Waals surface area contributed by atoms with E-state index in [1.165, 1.54) is 10.7 Å². The van der Waals surface area contributed by atoms with E-state index in [0.717, 1.165) is 38.8 Å². The van der Waals surface area contributed by atoms with Crippen molar-refractivity contribution in [1.82, 2.24) is 19.9 Å². The topological polar surface area (TPSA) is 106 Å². The van der Waals surface area contributed by atoms with E-state index in [1.807, 2.05) is 6.07 Å². The summed E-state index contributed by atoms with van der Waals surface area (Å²) >= 11 is 0. The van der Waals surface area contributed by atoms with E-state index in [9.17, 15) is 14.9 Å². The quantitative estimate of drug-likeness (QED) is 0.665. The molecule has 2 aromatic rings. The van der Waals surface area contributed by atoms with Gasteiger partial charge in [-0.3, -0.25) is 4.79 Å². The molecular formula is C15H18N6O3. The van der Waals surface area contributed by atoms with Gasteiger partial charge in [-0.05, 0) is 36.7 Å². The number of nitrogens with zero attached hydrogens (tertiary/aromatic N) is 5. The number of nitro groups is 1. The summed E-state index contributed by atoms with van der Waals surface area (Å²) in [5.41, 5.74) is 0.456. The normalized spacial score (nSPS) is 18.8. The van der Waals surface area contributed by atoms with Gasteiger partial charge in [-0.2, -0.15) is 0 Å². The predicted molar refractivity (Wildman–Crippen MR) is 85.7 cm³/mol. The van der Waals surface area contributed by atoms with E-state index in [2.05, 4.69) is 20.3 Å². The van der Waals surface area contributed by atoms with Gasteiger partial charge in [0.15, 0.2) is 5.82 Å². The summed E-state index contributed by atoms with van der Waals surface area (Å²) < 4.78 is 1.26. The first-order chi connectivity index (χ1) is 11.6. The molecule has 1 saturated heterocycles. The van der Waals surface area contributed by atoms with Crippen molar-refractivity contribution in [2.24, 2.45) is 5.92 Å². The van der Waals surface area contributed by atoms with Crippen molar-refractivity contribution in [3.05, 3.63) is 28.4 Å². The second-order valence-corrected chi connectivity index (χ2v) is 6.38. The maximum atomic E-state index is 11.8. The Kier molecular flexibility index (Phi) is 3.55. The van der Waals surface area contributed by atoms with Crippen LogP contribution in [-0.2, 0) is 4.79 Å². The van der Waals surface area contributed by atoms with Crippen LogP contribution in [0.3, 0.4) is 0 Å². The fraction of sp³-hybridized carbons (Fsp3) is 0.533. The fourth-order valence-corrected chi connectivity index (χ4v) is 3.06. The first-order valence-electron chi connectivity index (χ1n) is 8.16. The molecule has 4 rings (SSSR count). The average molecular weight is 330 g/mol. The van der Waals surface area contributed by atoms with Crippen LogP contribution in [0.1, 0.15) is 25.7 Å². The molecule has 9 heteroatoms. The van der Waals surface area contributed by atoms with Crippen LogP contribution in [0, 0.1) is 16.0 Å². The number of amides is 1. The van der Waals surface area contributed by atoms with E-state index < -0.39 is 4.92 Å². The van der Waals surface area contributed by atoms with Crippen LogP contribution in [0.2, 0.25) is 0 Å². The van der Waals surface area contributed by atoms with Crippen LogP contribution in [0.5, 0.6) is 0 Å². The van der Waals surface area contributed by atoms with Crippen LogP contribution >= 0.6 is 0 Å². The fourth-order valence-electron chi connectivity index (χ4n) is 3.06. The number of carbonyl (C=O) groups excluding carboxylic acids is 1. The van der Waals surface area contributed by atoms with Gasteiger partial charge >= 0.3 is 5.82 Å². The van der Waals surface area contributed by atoms with Crippen LogP contribution in [0.15, 0.2) is 18.3 Å². The third kappa shape index (κ3) is 2.77. The molecule has 1 aliphatic heterocycles. The predicted octanol–water partition coefficient (Wildman–Crippen LogP) is 1.13. The lowest BCUT2D eigenvalue weighted by Gasteiger charge is -2.32. The molecular weight excluding hydrogens is 312 g/mol. The number of rotatable bonds is 4. The Balaban J connectivity index is 1.45. The summed E-state index contributed by atoms with van der Waals surface area (Å²) in [6, 6.07) is 3.77. The first-order valence-corrected chi connectivity index (χ1v) is 8.16. The largest absolute Gasteiger partial charge is 0.368 e. The van der Waals surface area contributed by atoms with Gasteiger partial charge in [-0.25, -0.2) is 4.98 Å². The molecule has 0 bridgehead atoms. The molecule has 1 N–H and O–H groups in total. The Labute approximate surface area is 137 Å².